The number of aromatic nitrogens is 1. The van der Waals surface area contributed by atoms with Crippen LogP contribution >= 0.6 is 11.6 Å². The molecular weight excluding hydrogens is 379 g/mol. The molecule has 7 heteroatoms. The topological polar surface area (TPSA) is 58.4 Å². The third-order valence-corrected chi connectivity index (χ3v) is 4.57. The number of anilines is 1. The van der Waals surface area contributed by atoms with Gasteiger partial charge in [-0.3, -0.25) is 4.79 Å². The number of benzene rings is 2. The highest BCUT2D eigenvalue weighted by Gasteiger charge is 2.11. The van der Waals surface area contributed by atoms with Crippen molar-refractivity contribution < 1.29 is 9.18 Å². The van der Waals surface area contributed by atoms with Crippen molar-refractivity contribution in [2.75, 3.05) is 11.9 Å². The second-order valence-electron chi connectivity index (χ2n) is 6.27. The number of nitrogens with zero attached hydrogens (tertiary/aromatic N) is 2. The van der Waals surface area contributed by atoms with E-state index in [0.29, 0.717) is 10.7 Å². The van der Waals surface area contributed by atoms with E-state index in [1.54, 1.807) is 18.3 Å². The molecule has 5 nitrogen and oxygen atoms in total. The summed E-state index contributed by atoms with van der Waals surface area (Å²) in [6.45, 7) is 3.98. The molecule has 0 unspecified atom stereocenters. The van der Waals surface area contributed by atoms with Crippen LogP contribution in [0.3, 0.4) is 0 Å². The van der Waals surface area contributed by atoms with E-state index in [2.05, 4.69) is 15.8 Å². The molecule has 0 fully saturated rings. The smallest absolute Gasteiger partial charge is 0.259 e. The van der Waals surface area contributed by atoms with E-state index in [1.807, 2.05) is 48.7 Å². The largest absolute Gasteiger partial charge is 0.376 e. The molecule has 0 bridgehead atoms. The first-order chi connectivity index (χ1) is 13.5. The van der Waals surface area contributed by atoms with Crippen LogP contribution in [0.2, 0.25) is 5.02 Å². The third kappa shape index (κ3) is 4.58. The van der Waals surface area contributed by atoms with Crippen LogP contribution in [0, 0.1) is 19.7 Å². The van der Waals surface area contributed by atoms with Gasteiger partial charge < -0.3 is 9.88 Å². The fourth-order valence-corrected chi connectivity index (χ4v) is 3.11. The summed E-state index contributed by atoms with van der Waals surface area (Å²) in [5.41, 5.74) is 6.88. The summed E-state index contributed by atoms with van der Waals surface area (Å²) in [5, 5.41) is 7.59. The summed E-state index contributed by atoms with van der Waals surface area (Å²) in [7, 11) is 0. The van der Waals surface area contributed by atoms with Crippen molar-refractivity contribution in [3.63, 3.8) is 0 Å². The highest BCUT2D eigenvalue weighted by Crippen LogP contribution is 2.25. The first kappa shape index (κ1) is 19.6. The van der Waals surface area contributed by atoms with E-state index in [9.17, 15) is 9.18 Å². The van der Waals surface area contributed by atoms with Gasteiger partial charge in [-0.1, -0.05) is 23.7 Å². The van der Waals surface area contributed by atoms with Crippen LogP contribution in [-0.4, -0.2) is 23.2 Å². The van der Waals surface area contributed by atoms with Gasteiger partial charge in [-0.25, -0.2) is 9.82 Å². The Morgan fingerprint density at radius 3 is 2.61 bits per heavy atom. The number of rotatable bonds is 6. The summed E-state index contributed by atoms with van der Waals surface area (Å²) in [4.78, 5) is 11.9. The first-order valence-corrected chi connectivity index (χ1v) is 9.08. The molecule has 0 spiro atoms. The minimum Gasteiger partial charge on any atom is -0.376 e. The Morgan fingerprint density at radius 1 is 1.18 bits per heavy atom. The second kappa shape index (κ2) is 8.71. The predicted molar refractivity (Wildman–Crippen MR) is 111 cm³/mol. The molecule has 0 aliphatic rings. The zero-order chi connectivity index (χ0) is 20.1. The number of carbonyl (C=O) groups excluding carboxylic acids is 1. The molecule has 1 heterocycles. The monoisotopic (exact) mass is 398 g/mol. The lowest BCUT2D eigenvalue weighted by Gasteiger charge is -2.11. The van der Waals surface area contributed by atoms with Gasteiger partial charge >= 0.3 is 0 Å². The van der Waals surface area contributed by atoms with E-state index in [0.717, 1.165) is 22.6 Å². The van der Waals surface area contributed by atoms with Crippen LogP contribution in [0.4, 0.5) is 10.1 Å². The van der Waals surface area contributed by atoms with Gasteiger partial charge in [0.15, 0.2) is 0 Å². The van der Waals surface area contributed by atoms with Gasteiger partial charge in [0, 0.05) is 22.6 Å². The summed E-state index contributed by atoms with van der Waals surface area (Å²) in [5.74, 6) is -0.630. The van der Waals surface area contributed by atoms with Gasteiger partial charge in [0.25, 0.3) is 5.91 Å². The van der Waals surface area contributed by atoms with E-state index >= 15 is 0 Å². The summed E-state index contributed by atoms with van der Waals surface area (Å²) in [6, 6.07) is 15.4. The Morgan fingerprint density at radius 2 is 1.89 bits per heavy atom. The maximum atomic E-state index is 12.9. The number of para-hydroxylation sites is 1. The van der Waals surface area contributed by atoms with Crippen molar-refractivity contribution in [3.05, 3.63) is 82.4 Å². The molecule has 2 N–H and O–H groups in total. The molecule has 3 rings (SSSR count). The normalized spacial score (nSPS) is 11.0. The van der Waals surface area contributed by atoms with Crippen LogP contribution in [0.15, 0.2) is 59.7 Å². The lowest BCUT2D eigenvalue weighted by molar-refractivity contribution is -0.119. The van der Waals surface area contributed by atoms with Crippen LogP contribution in [0.1, 0.15) is 17.0 Å². The van der Waals surface area contributed by atoms with E-state index in [1.165, 1.54) is 12.1 Å². The van der Waals surface area contributed by atoms with E-state index in [-0.39, 0.29) is 18.3 Å². The summed E-state index contributed by atoms with van der Waals surface area (Å²) in [6.07, 6.45) is 1.60. The van der Waals surface area contributed by atoms with Crippen LogP contribution in [-0.2, 0) is 4.79 Å². The van der Waals surface area contributed by atoms with Crippen LogP contribution in [0.25, 0.3) is 5.69 Å². The minimum atomic E-state index is -0.325. The number of hydrogen-bond donors (Lipinski definition) is 2. The van der Waals surface area contributed by atoms with Gasteiger partial charge in [0.2, 0.25) is 0 Å². The Hall–Kier alpha value is -3.12. The number of carbonyl (C=O) groups is 1. The van der Waals surface area contributed by atoms with Crippen molar-refractivity contribution >= 4 is 29.4 Å². The molecule has 144 valence electrons. The standard InChI is InChI=1S/C21H20ClFN4O/c1-14-11-16(15(2)27(14)20-6-4-3-5-19(20)22)12-25-26-21(28)13-24-18-9-7-17(23)8-10-18/h3-12,24H,13H2,1-2H3,(H,26,28)/b25-12-. The molecule has 0 saturated carbocycles. The zero-order valence-electron chi connectivity index (χ0n) is 15.5. The van der Waals surface area contributed by atoms with Gasteiger partial charge in [0.1, 0.15) is 5.82 Å². The molecule has 0 atom stereocenters. The summed E-state index contributed by atoms with van der Waals surface area (Å²) >= 11 is 6.31. The lowest BCUT2D eigenvalue weighted by atomic mass is 10.2. The van der Waals surface area contributed by atoms with Gasteiger partial charge in [-0.2, -0.15) is 5.10 Å². The molecule has 3 aromatic rings. The van der Waals surface area contributed by atoms with Gasteiger partial charge in [0.05, 0.1) is 23.5 Å². The Balaban J connectivity index is 1.63. The van der Waals surface area contributed by atoms with Crippen LogP contribution in [0.5, 0.6) is 0 Å². The fraction of sp³-hybridized carbons (Fsp3) is 0.143. The quantitative estimate of drug-likeness (QED) is 0.476. The molecule has 0 aliphatic carbocycles. The SMILES string of the molecule is Cc1cc(/C=N\NC(=O)CNc2ccc(F)cc2)c(C)n1-c1ccccc1Cl. The van der Waals surface area contributed by atoms with Gasteiger partial charge in [-0.05, 0) is 56.3 Å². The molecule has 2 aromatic carbocycles. The number of hydrogen-bond acceptors (Lipinski definition) is 3. The number of hydrazone groups is 1. The minimum absolute atomic E-state index is 0.0294. The molecule has 1 amide bonds. The average molecular weight is 399 g/mol. The second-order valence-corrected chi connectivity index (χ2v) is 6.67. The average Bonchev–Trinajstić information content (AvgIpc) is 2.95. The molecule has 28 heavy (non-hydrogen) atoms. The third-order valence-electron chi connectivity index (χ3n) is 4.25. The Labute approximate surface area is 167 Å². The van der Waals surface area contributed by atoms with Crippen molar-refractivity contribution in [2.45, 2.75) is 13.8 Å². The van der Waals surface area contributed by atoms with Crippen molar-refractivity contribution in [1.82, 2.24) is 9.99 Å². The van der Waals surface area contributed by atoms with Crippen molar-refractivity contribution in [2.24, 2.45) is 5.10 Å². The van der Waals surface area contributed by atoms with Crippen molar-refractivity contribution in [1.29, 1.82) is 0 Å². The molecule has 1 aromatic heterocycles. The number of amides is 1. The summed E-state index contributed by atoms with van der Waals surface area (Å²) < 4.78 is 14.9. The van der Waals surface area contributed by atoms with Gasteiger partial charge in [-0.15, -0.1) is 0 Å². The van der Waals surface area contributed by atoms with Crippen molar-refractivity contribution in [3.8, 4) is 5.69 Å². The predicted octanol–water partition coefficient (Wildman–Crippen LogP) is 4.45. The first-order valence-electron chi connectivity index (χ1n) is 8.71. The van der Waals surface area contributed by atoms with Crippen LogP contribution < -0.4 is 10.7 Å². The number of nitrogens with one attached hydrogen (secondary N) is 2. The number of halogens is 2. The zero-order valence-corrected chi connectivity index (χ0v) is 16.3. The molecule has 0 radical (unpaired) electrons. The fourth-order valence-electron chi connectivity index (χ4n) is 2.89. The maximum absolute atomic E-state index is 12.9. The number of aryl methyl sites for hydroxylation is 1. The molecular formula is C21H20ClFN4O. The molecule has 0 aliphatic heterocycles. The Kier molecular flexibility index (Phi) is 6.11. The highest BCUT2D eigenvalue weighted by molar-refractivity contribution is 6.32. The van der Waals surface area contributed by atoms with E-state index in [4.69, 9.17) is 11.6 Å². The highest BCUT2D eigenvalue weighted by atomic mass is 35.5. The lowest BCUT2D eigenvalue weighted by Crippen LogP contribution is -2.25. The van der Waals surface area contributed by atoms with E-state index < -0.39 is 0 Å². The maximum Gasteiger partial charge on any atom is 0.259 e. The molecule has 0 saturated heterocycles. The Bertz CT molecular complexity index is 1010.